The quantitative estimate of drug-likeness (QED) is 0.613. The maximum Gasteiger partial charge on any atom is 0.322 e. The Morgan fingerprint density at radius 1 is 1.27 bits per heavy atom. The van der Waals surface area contributed by atoms with Crippen LogP contribution in [-0.4, -0.2) is 53.6 Å². The van der Waals surface area contributed by atoms with Gasteiger partial charge in [0.2, 0.25) is 5.91 Å². The van der Waals surface area contributed by atoms with Gasteiger partial charge in [-0.05, 0) is 31.7 Å². The van der Waals surface area contributed by atoms with Crippen LogP contribution in [0.5, 0.6) is 0 Å². The molecule has 1 aromatic carbocycles. The third kappa shape index (κ3) is 4.10. The molecular formula is C17H22N4O5. The number of urea groups is 1. The van der Waals surface area contributed by atoms with E-state index in [2.05, 4.69) is 10.6 Å². The average molecular weight is 362 g/mol. The van der Waals surface area contributed by atoms with Crippen LogP contribution in [0.2, 0.25) is 0 Å². The van der Waals surface area contributed by atoms with Crippen LogP contribution in [0, 0.1) is 10.1 Å². The molecule has 0 aliphatic carbocycles. The lowest BCUT2D eigenvalue weighted by Gasteiger charge is -2.24. The Bertz CT molecular complexity index is 689. The number of nitrogens with one attached hydrogen (secondary N) is 2. The minimum atomic E-state index is -0.570. The van der Waals surface area contributed by atoms with Crippen molar-refractivity contribution in [3.63, 3.8) is 0 Å². The molecule has 0 radical (unpaired) electrons. The molecule has 2 aliphatic rings. The summed E-state index contributed by atoms with van der Waals surface area (Å²) >= 11 is 0. The van der Waals surface area contributed by atoms with Crippen molar-refractivity contribution in [2.75, 3.05) is 25.0 Å². The van der Waals surface area contributed by atoms with Crippen LogP contribution in [0.15, 0.2) is 24.3 Å². The number of benzene rings is 1. The Morgan fingerprint density at radius 3 is 2.81 bits per heavy atom. The number of nitro groups is 1. The monoisotopic (exact) mass is 362 g/mol. The molecule has 0 spiro atoms. The van der Waals surface area contributed by atoms with E-state index < -0.39 is 17.0 Å². The highest BCUT2D eigenvalue weighted by atomic mass is 16.6. The number of rotatable bonds is 5. The Labute approximate surface area is 150 Å². The summed E-state index contributed by atoms with van der Waals surface area (Å²) in [4.78, 5) is 37.0. The zero-order chi connectivity index (χ0) is 18.5. The fourth-order valence-corrected chi connectivity index (χ4v) is 3.35. The van der Waals surface area contributed by atoms with Gasteiger partial charge in [0, 0.05) is 25.8 Å². The second kappa shape index (κ2) is 8.13. The first-order valence-electron chi connectivity index (χ1n) is 8.76. The van der Waals surface area contributed by atoms with E-state index in [0.29, 0.717) is 32.5 Å². The van der Waals surface area contributed by atoms with Gasteiger partial charge >= 0.3 is 6.03 Å². The number of carbonyl (C=O) groups is 2. The summed E-state index contributed by atoms with van der Waals surface area (Å²) in [5.41, 5.74) is -0.0626. The zero-order valence-corrected chi connectivity index (χ0v) is 14.3. The summed E-state index contributed by atoms with van der Waals surface area (Å²) in [6, 6.07) is 4.86. The molecule has 3 rings (SSSR count). The third-order valence-electron chi connectivity index (χ3n) is 4.69. The minimum Gasteiger partial charge on any atom is -0.376 e. The first-order chi connectivity index (χ1) is 12.6. The number of hydrogen-bond donors (Lipinski definition) is 2. The number of hydrogen-bond acceptors (Lipinski definition) is 5. The molecule has 0 bridgehead atoms. The van der Waals surface area contributed by atoms with Gasteiger partial charge in [0.05, 0.1) is 11.0 Å². The second-order valence-electron chi connectivity index (χ2n) is 6.44. The van der Waals surface area contributed by atoms with Gasteiger partial charge in [-0.25, -0.2) is 4.79 Å². The van der Waals surface area contributed by atoms with E-state index in [1.807, 2.05) is 0 Å². The number of amides is 3. The Hall–Kier alpha value is -2.68. The van der Waals surface area contributed by atoms with Crippen molar-refractivity contribution >= 4 is 23.3 Å². The van der Waals surface area contributed by atoms with Crippen molar-refractivity contribution in [1.29, 1.82) is 0 Å². The molecule has 2 saturated heterocycles. The predicted octanol–water partition coefficient (Wildman–Crippen LogP) is 1.89. The van der Waals surface area contributed by atoms with Crippen LogP contribution in [0.4, 0.5) is 16.2 Å². The average Bonchev–Trinajstić information content (AvgIpc) is 3.31. The van der Waals surface area contributed by atoms with Crippen molar-refractivity contribution in [1.82, 2.24) is 10.2 Å². The molecule has 1 aromatic rings. The van der Waals surface area contributed by atoms with Crippen LogP contribution in [0.3, 0.4) is 0 Å². The van der Waals surface area contributed by atoms with Gasteiger partial charge in [-0.1, -0.05) is 12.1 Å². The number of ether oxygens (including phenoxy) is 1. The van der Waals surface area contributed by atoms with Crippen molar-refractivity contribution in [3.8, 4) is 0 Å². The van der Waals surface area contributed by atoms with E-state index in [1.54, 1.807) is 6.07 Å². The lowest BCUT2D eigenvalue weighted by atomic mass is 10.2. The van der Waals surface area contributed by atoms with Gasteiger partial charge in [-0.15, -0.1) is 0 Å². The van der Waals surface area contributed by atoms with E-state index in [9.17, 15) is 19.7 Å². The van der Waals surface area contributed by atoms with Crippen LogP contribution in [0.25, 0.3) is 0 Å². The Balaban J connectivity index is 1.61. The van der Waals surface area contributed by atoms with E-state index in [1.165, 1.54) is 23.1 Å². The fraction of sp³-hybridized carbons (Fsp3) is 0.529. The summed E-state index contributed by atoms with van der Waals surface area (Å²) in [6.45, 7) is 1.59. The second-order valence-corrected chi connectivity index (χ2v) is 6.44. The number of nitrogens with zero attached hydrogens (tertiary/aromatic N) is 2. The number of para-hydroxylation sites is 2. The van der Waals surface area contributed by atoms with Crippen molar-refractivity contribution in [3.05, 3.63) is 34.4 Å². The summed E-state index contributed by atoms with van der Waals surface area (Å²) in [7, 11) is 0. The number of likely N-dealkylation sites (tertiary alicyclic amines) is 1. The van der Waals surface area contributed by atoms with Gasteiger partial charge in [0.1, 0.15) is 11.7 Å². The van der Waals surface area contributed by atoms with Crippen LogP contribution in [-0.2, 0) is 9.53 Å². The molecule has 2 atom stereocenters. The van der Waals surface area contributed by atoms with Gasteiger partial charge in [0.15, 0.2) is 0 Å². The molecule has 2 N–H and O–H groups in total. The molecule has 2 heterocycles. The van der Waals surface area contributed by atoms with Gasteiger partial charge in [0.25, 0.3) is 5.69 Å². The highest BCUT2D eigenvalue weighted by molar-refractivity contribution is 5.95. The first-order valence-corrected chi connectivity index (χ1v) is 8.76. The van der Waals surface area contributed by atoms with Crippen molar-refractivity contribution in [2.45, 2.75) is 37.8 Å². The fourth-order valence-electron chi connectivity index (χ4n) is 3.35. The summed E-state index contributed by atoms with van der Waals surface area (Å²) < 4.78 is 5.48. The SMILES string of the molecule is O=C(NC[C@@H]1CCCO1)[C@@H]1CCCN1C(=O)Nc1ccccc1[N+](=O)[O-]. The molecule has 140 valence electrons. The largest absolute Gasteiger partial charge is 0.376 e. The molecule has 2 fully saturated rings. The highest BCUT2D eigenvalue weighted by Gasteiger charge is 2.35. The summed E-state index contributed by atoms with van der Waals surface area (Å²) in [5, 5.41) is 16.5. The molecule has 0 saturated carbocycles. The van der Waals surface area contributed by atoms with Crippen molar-refractivity contribution < 1.29 is 19.2 Å². The van der Waals surface area contributed by atoms with E-state index in [-0.39, 0.29) is 23.4 Å². The lowest BCUT2D eigenvalue weighted by Crippen LogP contribution is -2.48. The minimum absolute atomic E-state index is 0.0367. The standard InChI is InChI=1S/C17H22N4O5/c22-16(18-11-12-5-4-10-26-12)15-8-3-9-20(15)17(23)19-13-6-1-2-7-14(13)21(24)25/h1-2,6-7,12,15H,3-5,8-11H2,(H,18,22)(H,19,23)/t12-,15-/m0/s1. The van der Waals surface area contributed by atoms with Gasteiger partial charge < -0.3 is 20.3 Å². The Kier molecular flexibility index (Phi) is 5.67. The maximum absolute atomic E-state index is 12.6. The normalized spacial score (nSPS) is 22.2. The van der Waals surface area contributed by atoms with Crippen LogP contribution >= 0.6 is 0 Å². The van der Waals surface area contributed by atoms with Gasteiger partial charge in [-0.2, -0.15) is 0 Å². The highest BCUT2D eigenvalue weighted by Crippen LogP contribution is 2.25. The van der Waals surface area contributed by atoms with Crippen LogP contribution in [0.1, 0.15) is 25.7 Å². The van der Waals surface area contributed by atoms with Gasteiger partial charge in [-0.3, -0.25) is 14.9 Å². The Morgan fingerprint density at radius 2 is 2.08 bits per heavy atom. The molecule has 9 heteroatoms. The molecule has 0 unspecified atom stereocenters. The topological polar surface area (TPSA) is 114 Å². The lowest BCUT2D eigenvalue weighted by molar-refractivity contribution is -0.383. The predicted molar refractivity (Wildman–Crippen MR) is 93.8 cm³/mol. The molecule has 26 heavy (non-hydrogen) atoms. The smallest absolute Gasteiger partial charge is 0.322 e. The first kappa shape index (κ1) is 18.1. The van der Waals surface area contributed by atoms with Crippen LogP contribution < -0.4 is 10.6 Å². The van der Waals surface area contributed by atoms with E-state index in [4.69, 9.17) is 4.74 Å². The molecule has 3 amide bonds. The summed E-state index contributed by atoms with van der Waals surface area (Å²) in [5.74, 6) is -0.212. The molecule has 2 aliphatic heterocycles. The third-order valence-corrected chi connectivity index (χ3v) is 4.69. The molecular weight excluding hydrogens is 340 g/mol. The van der Waals surface area contributed by atoms with E-state index in [0.717, 1.165) is 12.8 Å². The number of anilines is 1. The molecule has 0 aromatic heterocycles. The number of carbonyl (C=O) groups excluding carboxylic acids is 2. The number of nitro benzene ring substituents is 1. The maximum atomic E-state index is 12.6. The van der Waals surface area contributed by atoms with E-state index >= 15 is 0 Å². The zero-order valence-electron chi connectivity index (χ0n) is 14.3. The summed E-state index contributed by atoms with van der Waals surface area (Å²) in [6.07, 6.45) is 3.24. The molecule has 9 nitrogen and oxygen atoms in total. The van der Waals surface area contributed by atoms with Crippen molar-refractivity contribution in [2.24, 2.45) is 0 Å².